The van der Waals surface area contributed by atoms with Crippen LogP contribution >= 0.6 is 0 Å². The van der Waals surface area contributed by atoms with Crippen LogP contribution in [0.1, 0.15) is 23.2 Å². The Bertz CT molecular complexity index is 963. The minimum Gasteiger partial charge on any atom is -0.366 e. The second-order valence-corrected chi connectivity index (χ2v) is 9.33. The van der Waals surface area contributed by atoms with Crippen molar-refractivity contribution in [3.8, 4) is 0 Å². The molecule has 1 aromatic heterocycles. The molecule has 1 aromatic carbocycles. The van der Waals surface area contributed by atoms with E-state index in [0.717, 1.165) is 31.6 Å². The summed E-state index contributed by atoms with van der Waals surface area (Å²) in [4.78, 5) is 29.7. The van der Waals surface area contributed by atoms with E-state index in [4.69, 9.17) is 38.6 Å². The zero-order valence-corrected chi connectivity index (χ0v) is 19.3. The molecule has 2 aliphatic heterocycles. The lowest BCUT2D eigenvalue weighted by Gasteiger charge is -2.38. The molecule has 0 unspecified atom stereocenters. The Kier molecular flexibility index (Phi) is 7.41. The molecule has 4 atom stereocenters. The molecule has 0 bridgehead atoms. The Morgan fingerprint density at radius 2 is 1.38 bits per heavy atom. The van der Waals surface area contributed by atoms with Crippen LogP contribution in [0.3, 0.4) is 0 Å². The quantitative estimate of drug-likeness (QED) is 0.288. The highest BCUT2D eigenvalue weighted by Crippen LogP contribution is 2.27. The normalized spacial score (nSPS) is 25.3. The summed E-state index contributed by atoms with van der Waals surface area (Å²) in [5.41, 5.74) is 30.9. The minimum absolute atomic E-state index is 0.0556. The summed E-state index contributed by atoms with van der Waals surface area (Å²) in [7, 11) is 0. The first-order chi connectivity index (χ1) is 16.3. The Balaban J connectivity index is 1.66. The molecule has 12 nitrogen and oxygen atoms in total. The molecule has 0 saturated carbocycles. The van der Waals surface area contributed by atoms with Crippen LogP contribution in [0.5, 0.6) is 0 Å². The Morgan fingerprint density at radius 3 is 1.88 bits per heavy atom. The second kappa shape index (κ2) is 10.5. The summed E-state index contributed by atoms with van der Waals surface area (Å²) in [6, 6.07) is 6.70. The molecule has 2 saturated heterocycles. The van der Waals surface area contributed by atoms with Crippen molar-refractivity contribution in [1.29, 1.82) is 0 Å². The average Bonchev–Trinajstić information content (AvgIpc) is 2.83. The smallest absolute Gasteiger partial charge is 0.248 e. The standard InChI is InChI=1S/C22H35N11O/c23-7-13-5-14(8-24)10-32(9-13)21-29-20(28-18-3-1-15(2-4-18)19(27)34)30-22(31-21)33-11-16(25)6-17(26)12-33/h1-4,13-14,16-17H,5-12,23-26H2,(H2,27,34)(H,28,29,30,31)/t13-,14+,16-,17+. The number of anilines is 4. The van der Waals surface area contributed by atoms with Gasteiger partial charge >= 0.3 is 0 Å². The minimum atomic E-state index is -0.483. The number of carbonyl (C=O) groups excluding carboxylic acids is 1. The molecule has 4 rings (SSSR count). The van der Waals surface area contributed by atoms with Gasteiger partial charge < -0.3 is 43.8 Å². The highest BCUT2D eigenvalue weighted by atomic mass is 16.1. The van der Waals surface area contributed by atoms with E-state index >= 15 is 0 Å². The number of hydrogen-bond donors (Lipinski definition) is 6. The number of primary amides is 1. The van der Waals surface area contributed by atoms with Crippen LogP contribution in [0.25, 0.3) is 0 Å². The molecule has 12 heteroatoms. The van der Waals surface area contributed by atoms with Gasteiger partial charge in [-0.1, -0.05) is 0 Å². The number of carbonyl (C=O) groups is 1. The summed E-state index contributed by atoms with van der Waals surface area (Å²) < 4.78 is 0. The first kappa shape index (κ1) is 24.1. The molecular formula is C22H35N11O. The van der Waals surface area contributed by atoms with Crippen LogP contribution < -0.4 is 43.8 Å². The summed E-state index contributed by atoms with van der Waals surface area (Å²) in [6.45, 7) is 3.89. The molecule has 0 aliphatic carbocycles. The van der Waals surface area contributed by atoms with E-state index < -0.39 is 5.91 Å². The molecule has 1 amide bonds. The lowest BCUT2D eigenvalue weighted by Crippen LogP contribution is -2.53. The maximum atomic E-state index is 11.4. The van der Waals surface area contributed by atoms with E-state index in [1.165, 1.54) is 0 Å². The summed E-state index contributed by atoms with van der Waals surface area (Å²) in [5.74, 6) is 1.62. The third-order valence-corrected chi connectivity index (χ3v) is 6.41. The van der Waals surface area contributed by atoms with Crippen molar-refractivity contribution in [2.24, 2.45) is 40.5 Å². The monoisotopic (exact) mass is 469 g/mol. The van der Waals surface area contributed by atoms with E-state index in [-0.39, 0.29) is 12.1 Å². The van der Waals surface area contributed by atoms with Crippen LogP contribution in [0.2, 0.25) is 0 Å². The topological polar surface area (TPSA) is 204 Å². The fourth-order valence-corrected chi connectivity index (χ4v) is 4.70. The van der Waals surface area contributed by atoms with Gasteiger partial charge in [-0.2, -0.15) is 15.0 Å². The maximum Gasteiger partial charge on any atom is 0.248 e. The molecule has 2 aliphatic rings. The van der Waals surface area contributed by atoms with Gasteiger partial charge in [-0.25, -0.2) is 0 Å². The van der Waals surface area contributed by atoms with Crippen LogP contribution in [-0.2, 0) is 0 Å². The van der Waals surface area contributed by atoms with Crippen LogP contribution in [0.15, 0.2) is 24.3 Å². The van der Waals surface area contributed by atoms with E-state index in [1.54, 1.807) is 24.3 Å². The highest BCUT2D eigenvalue weighted by molar-refractivity contribution is 5.93. The van der Waals surface area contributed by atoms with Gasteiger partial charge in [-0.3, -0.25) is 4.79 Å². The number of rotatable bonds is 7. The zero-order valence-electron chi connectivity index (χ0n) is 19.3. The van der Waals surface area contributed by atoms with Gasteiger partial charge in [0.1, 0.15) is 0 Å². The Morgan fingerprint density at radius 1 is 0.853 bits per heavy atom. The third kappa shape index (κ3) is 5.70. The fraction of sp³-hybridized carbons (Fsp3) is 0.545. The zero-order chi connectivity index (χ0) is 24.2. The first-order valence-corrected chi connectivity index (χ1v) is 11.7. The number of nitrogens with zero attached hydrogens (tertiary/aromatic N) is 5. The van der Waals surface area contributed by atoms with Crippen LogP contribution in [0, 0.1) is 11.8 Å². The molecule has 2 aromatic rings. The number of amides is 1. The van der Waals surface area contributed by atoms with Crippen molar-refractivity contribution in [3.05, 3.63) is 29.8 Å². The number of hydrogen-bond acceptors (Lipinski definition) is 11. The molecule has 0 radical (unpaired) electrons. The van der Waals surface area contributed by atoms with E-state index in [2.05, 4.69) is 15.2 Å². The van der Waals surface area contributed by atoms with Crippen LogP contribution in [0.4, 0.5) is 23.5 Å². The lowest BCUT2D eigenvalue weighted by molar-refractivity contribution is 0.100. The van der Waals surface area contributed by atoms with Crippen molar-refractivity contribution in [3.63, 3.8) is 0 Å². The predicted octanol–water partition coefficient (Wildman–Crippen LogP) is -1.06. The third-order valence-electron chi connectivity index (χ3n) is 6.41. The van der Waals surface area contributed by atoms with Crippen molar-refractivity contribution >= 4 is 29.4 Å². The van der Waals surface area contributed by atoms with Gasteiger partial charge in [-0.15, -0.1) is 0 Å². The molecular weight excluding hydrogens is 434 g/mol. The lowest BCUT2D eigenvalue weighted by atomic mass is 9.89. The highest BCUT2D eigenvalue weighted by Gasteiger charge is 2.30. The number of nitrogens with one attached hydrogen (secondary N) is 1. The molecule has 0 spiro atoms. The van der Waals surface area contributed by atoms with Gasteiger partial charge in [0.2, 0.25) is 23.8 Å². The molecule has 11 N–H and O–H groups in total. The van der Waals surface area contributed by atoms with E-state index in [1.807, 2.05) is 4.90 Å². The molecule has 34 heavy (non-hydrogen) atoms. The average molecular weight is 470 g/mol. The number of aromatic nitrogens is 3. The predicted molar refractivity (Wildman–Crippen MR) is 133 cm³/mol. The number of piperidine rings is 2. The van der Waals surface area contributed by atoms with Crippen molar-refractivity contribution in [2.45, 2.75) is 24.9 Å². The molecule has 184 valence electrons. The Hall–Kier alpha value is -3.06. The largest absolute Gasteiger partial charge is 0.366 e. The molecule has 2 fully saturated rings. The maximum absolute atomic E-state index is 11.4. The number of benzene rings is 1. The van der Waals surface area contributed by atoms with Gasteiger partial charge in [-0.05, 0) is 62.0 Å². The van der Waals surface area contributed by atoms with Crippen LogP contribution in [-0.4, -0.2) is 72.2 Å². The van der Waals surface area contributed by atoms with Gasteiger partial charge in [0, 0.05) is 49.5 Å². The second-order valence-electron chi connectivity index (χ2n) is 9.33. The van der Waals surface area contributed by atoms with Crippen molar-refractivity contribution in [1.82, 2.24) is 15.0 Å². The van der Waals surface area contributed by atoms with E-state index in [9.17, 15) is 4.79 Å². The Labute approximate surface area is 199 Å². The summed E-state index contributed by atoms with van der Waals surface area (Å²) >= 11 is 0. The van der Waals surface area contributed by atoms with Gasteiger partial charge in [0.25, 0.3) is 0 Å². The fourth-order valence-electron chi connectivity index (χ4n) is 4.70. The van der Waals surface area contributed by atoms with Gasteiger partial charge in [0.15, 0.2) is 0 Å². The van der Waals surface area contributed by atoms with Crippen molar-refractivity contribution in [2.75, 3.05) is 54.4 Å². The van der Waals surface area contributed by atoms with E-state index in [0.29, 0.717) is 61.4 Å². The van der Waals surface area contributed by atoms with Crippen molar-refractivity contribution < 1.29 is 4.79 Å². The summed E-state index contributed by atoms with van der Waals surface area (Å²) in [6.07, 6.45) is 1.75. The summed E-state index contributed by atoms with van der Waals surface area (Å²) in [5, 5.41) is 3.22. The number of nitrogens with two attached hydrogens (primary N) is 5. The first-order valence-electron chi connectivity index (χ1n) is 11.7. The van der Waals surface area contributed by atoms with Gasteiger partial charge in [0.05, 0.1) is 0 Å². The molecule has 3 heterocycles. The SMILES string of the molecule is NC[C@@H]1C[C@H](CN)CN(c2nc(Nc3ccc(C(N)=O)cc3)nc(N3C[C@H](N)C[C@H](N)C3)n2)C1.